The molecule has 5 heteroatoms. The molecule has 2 heterocycles. The minimum absolute atomic E-state index is 0.148. The predicted octanol–water partition coefficient (Wildman–Crippen LogP) is 1.49. The van der Waals surface area contributed by atoms with E-state index in [-0.39, 0.29) is 17.5 Å². The molecule has 1 atom stereocenters. The van der Waals surface area contributed by atoms with Crippen molar-refractivity contribution in [2.75, 3.05) is 13.1 Å². The number of rotatable bonds is 3. The monoisotopic (exact) mass is 297 g/mol. The molecule has 0 unspecified atom stereocenters. The minimum atomic E-state index is -0.241. The normalized spacial score (nSPS) is 22.1. The molecule has 1 saturated heterocycles. The highest BCUT2D eigenvalue weighted by Crippen LogP contribution is 2.29. The molecule has 0 spiro atoms. The molecular weight excluding hydrogens is 278 g/mol. The van der Waals surface area contributed by atoms with Crippen molar-refractivity contribution in [3.63, 3.8) is 0 Å². The van der Waals surface area contributed by atoms with E-state index in [1.54, 1.807) is 0 Å². The van der Waals surface area contributed by atoms with Gasteiger partial charge in [-0.1, -0.05) is 18.2 Å². The van der Waals surface area contributed by atoms with Gasteiger partial charge in [0, 0.05) is 42.1 Å². The lowest BCUT2D eigenvalue weighted by Gasteiger charge is -2.16. The lowest BCUT2D eigenvalue weighted by Crippen LogP contribution is -2.38. The summed E-state index contributed by atoms with van der Waals surface area (Å²) < 4.78 is 0. The standard InChI is InChI=1S/C17H19N3O2/c21-16-9-14(13-3-1-2-4-15(13)19-16)17(22)18-11-7-8-20(10-11)12-5-6-12/h1-4,9,11-12H,5-8,10H2,(H,18,22)(H,19,21)/t11-/m1/s1. The Kier molecular flexibility index (Phi) is 3.22. The number of pyridine rings is 1. The molecule has 1 aliphatic carbocycles. The molecule has 2 N–H and O–H groups in total. The molecule has 22 heavy (non-hydrogen) atoms. The number of H-pyrrole nitrogens is 1. The highest BCUT2D eigenvalue weighted by Gasteiger charge is 2.34. The van der Waals surface area contributed by atoms with Gasteiger partial charge in [-0.3, -0.25) is 14.5 Å². The Morgan fingerprint density at radius 2 is 2.05 bits per heavy atom. The third-order valence-electron chi connectivity index (χ3n) is 4.61. The van der Waals surface area contributed by atoms with E-state index in [4.69, 9.17) is 0 Å². The summed E-state index contributed by atoms with van der Waals surface area (Å²) in [5.41, 5.74) is 0.922. The molecule has 0 bridgehead atoms. The number of carbonyl (C=O) groups is 1. The van der Waals surface area contributed by atoms with Gasteiger partial charge in [-0.05, 0) is 25.3 Å². The minimum Gasteiger partial charge on any atom is -0.348 e. The number of likely N-dealkylation sites (tertiary alicyclic amines) is 1. The number of aromatic amines is 1. The molecule has 2 fully saturated rings. The fraction of sp³-hybridized carbons (Fsp3) is 0.412. The van der Waals surface area contributed by atoms with Crippen LogP contribution >= 0.6 is 0 Å². The van der Waals surface area contributed by atoms with Crippen LogP contribution < -0.4 is 10.9 Å². The number of carbonyl (C=O) groups excluding carboxylic acids is 1. The van der Waals surface area contributed by atoms with Crippen molar-refractivity contribution >= 4 is 16.8 Å². The van der Waals surface area contributed by atoms with Gasteiger partial charge in [0.25, 0.3) is 5.91 Å². The highest BCUT2D eigenvalue weighted by atomic mass is 16.2. The molecular formula is C17H19N3O2. The lowest BCUT2D eigenvalue weighted by molar-refractivity contribution is 0.0939. The number of fused-ring (bicyclic) bond motifs is 1. The molecule has 1 aromatic carbocycles. The first kappa shape index (κ1) is 13.5. The van der Waals surface area contributed by atoms with E-state index >= 15 is 0 Å². The van der Waals surface area contributed by atoms with Gasteiger partial charge in [-0.2, -0.15) is 0 Å². The number of amides is 1. The number of nitrogens with zero attached hydrogens (tertiary/aromatic N) is 1. The van der Waals surface area contributed by atoms with E-state index in [0.717, 1.165) is 30.9 Å². The molecule has 4 rings (SSSR count). The van der Waals surface area contributed by atoms with Gasteiger partial charge in [-0.15, -0.1) is 0 Å². The Labute approximate surface area is 128 Å². The summed E-state index contributed by atoms with van der Waals surface area (Å²) in [4.78, 5) is 29.6. The molecule has 1 aromatic heterocycles. The molecule has 0 radical (unpaired) electrons. The average molecular weight is 297 g/mol. The van der Waals surface area contributed by atoms with Gasteiger partial charge < -0.3 is 10.3 Å². The third-order valence-corrected chi connectivity index (χ3v) is 4.61. The first-order chi connectivity index (χ1) is 10.7. The van der Waals surface area contributed by atoms with Crippen molar-refractivity contribution < 1.29 is 4.79 Å². The summed E-state index contributed by atoms with van der Waals surface area (Å²) >= 11 is 0. The van der Waals surface area contributed by atoms with E-state index in [1.165, 1.54) is 18.9 Å². The van der Waals surface area contributed by atoms with Crippen molar-refractivity contribution in [1.82, 2.24) is 15.2 Å². The zero-order valence-corrected chi connectivity index (χ0v) is 12.3. The van der Waals surface area contributed by atoms with E-state index < -0.39 is 0 Å². The second-order valence-corrected chi connectivity index (χ2v) is 6.28. The van der Waals surface area contributed by atoms with Crippen molar-refractivity contribution in [2.24, 2.45) is 0 Å². The summed E-state index contributed by atoms with van der Waals surface area (Å²) in [6, 6.07) is 9.73. The Hall–Kier alpha value is -2.14. The fourth-order valence-corrected chi connectivity index (χ4v) is 3.33. The molecule has 1 amide bonds. The summed E-state index contributed by atoms with van der Waals surface area (Å²) in [6.45, 7) is 1.99. The molecule has 2 aromatic rings. The van der Waals surface area contributed by atoms with E-state index in [0.29, 0.717) is 11.1 Å². The van der Waals surface area contributed by atoms with Gasteiger partial charge in [0.15, 0.2) is 0 Å². The quantitative estimate of drug-likeness (QED) is 0.902. The van der Waals surface area contributed by atoms with Crippen LogP contribution in [0.2, 0.25) is 0 Å². The van der Waals surface area contributed by atoms with E-state index in [9.17, 15) is 9.59 Å². The molecule has 2 aliphatic rings. The molecule has 1 saturated carbocycles. The van der Waals surface area contributed by atoms with Crippen LogP contribution in [-0.4, -0.2) is 41.0 Å². The van der Waals surface area contributed by atoms with Crippen molar-refractivity contribution in [1.29, 1.82) is 0 Å². The Bertz CT molecular complexity index is 779. The van der Waals surface area contributed by atoms with Gasteiger partial charge in [0.2, 0.25) is 5.56 Å². The number of hydrogen-bond acceptors (Lipinski definition) is 3. The van der Waals surface area contributed by atoms with Crippen LogP contribution in [0.3, 0.4) is 0 Å². The van der Waals surface area contributed by atoms with Crippen LogP contribution in [0.1, 0.15) is 29.6 Å². The SMILES string of the molecule is O=C(N[C@@H]1CCN(C2CC2)C1)c1cc(=O)[nH]c2ccccc12. The van der Waals surface area contributed by atoms with Crippen LogP contribution in [0.5, 0.6) is 0 Å². The van der Waals surface area contributed by atoms with Crippen LogP contribution in [0, 0.1) is 0 Å². The molecule has 1 aliphatic heterocycles. The zero-order valence-electron chi connectivity index (χ0n) is 12.3. The second kappa shape index (κ2) is 5.25. The van der Waals surface area contributed by atoms with E-state index in [2.05, 4.69) is 15.2 Å². The summed E-state index contributed by atoms with van der Waals surface area (Å²) in [7, 11) is 0. The van der Waals surface area contributed by atoms with Crippen molar-refractivity contribution in [3.05, 3.63) is 46.2 Å². The maximum atomic E-state index is 12.6. The topological polar surface area (TPSA) is 65.2 Å². The van der Waals surface area contributed by atoms with Crippen LogP contribution in [0.15, 0.2) is 35.1 Å². The van der Waals surface area contributed by atoms with E-state index in [1.807, 2.05) is 24.3 Å². The highest BCUT2D eigenvalue weighted by molar-refractivity contribution is 6.06. The largest absolute Gasteiger partial charge is 0.348 e. The average Bonchev–Trinajstić information content (AvgIpc) is 3.26. The predicted molar refractivity (Wildman–Crippen MR) is 85.0 cm³/mol. The van der Waals surface area contributed by atoms with Gasteiger partial charge >= 0.3 is 0 Å². The Balaban J connectivity index is 1.56. The first-order valence-electron chi connectivity index (χ1n) is 7.88. The Morgan fingerprint density at radius 3 is 2.86 bits per heavy atom. The summed E-state index contributed by atoms with van der Waals surface area (Å²) in [6.07, 6.45) is 3.57. The van der Waals surface area contributed by atoms with Gasteiger partial charge in [0.1, 0.15) is 0 Å². The second-order valence-electron chi connectivity index (χ2n) is 6.28. The van der Waals surface area contributed by atoms with Crippen LogP contribution in [0.4, 0.5) is 0 Å². The molecule has 5 nitrogen and oxygen atoms in total. The number of benzene rings is 1. The Morgan fingerprint density at radius 1 is 1.23 bits per heavy atom. The smallest absolute Gasteiger partial charge is 0.252 e. The van der Waals surface area contributed by atoms with Crippen molar-refractivity contribution in [3.8, 4) is 0 Å². The zero-order chi connectivity index (χ0) is 15.1. The molecule has 114 valence electrons. The van der Waals surface area contributed by atoms with Crippen molar-refractivity contribution in [2.45, 2.75) is 31.3 Å². The van der Waals surface area contributed by atoms with Crippen LogP contribution in [-0.2, 0) is 0 Å². The van der Waals surface area contributed by atoms with Gasteiger partial charge in [0.05, 0.1) is 5.56 Å². The summed E-state index contributed by atoms with van der Waals surface area (Å²) in [5, 5.41) is 3.88. The number of aromatic nitrogens is 1. The third kappa shape index (κ3) is 2.52. The fourth-order valence-electron chi connectivity index (χ4n) is 3.33. The lowest BCUT2D eigenvalue weighted by atomic mass is 10.1. The number of para-hydroxylation sites is 1. The van der Waals surface area contributed by atoms with Crippen LogP contribution in [0.25, 0.3) is 10.9 Å². The van der Waals surface area contributed by atoms with Gasteiger partial charge in [-0.25, -0.2) is 0 Å². The first-order valence-corrected chi connectivity index (χ1v) is 7.88. The summed E-state index contributed by atoms with van der Waals surface area (Å²) in [5.74, 6) is -0.148. The maximum absolute atomic E-state index is 12.6. The maximum Gasteiger partial charge on any atom is 0.252 e. The number of nitrogens with one attached hydrogen (secondary N) is 2. The number of hydrogen-bond donors (Lipinski definition) is 2.